The molecular weight excluding hydrogens is 375 g/mol. The molecule has 0 atom stereocenters. The molecule has 3 heterocycles. The van der Waals surface area contributed by atoms with Crippen molar-refractivity contribution in [1.29, 1.82) is 0 Å². The molecule has 4 rings (SSSR count). The summed E-state index contributed by atoms with van der Waals surface area (Å²) in [5, 5.41) is 4.15. The molecule has 0 fully saturated rings. The Kier molecular flexibility index (Phi) is 4.74. The summed E-state index contributed by atoms with van der Waals surface area (Å²) in [4.78, 5) is 9.45. The van der Waals surface area contributed by atoms with Crippen LogP contribution in [0.1, 0.15) is 19.4 Å². The third-order valence-electron chi connectivity index (χ3n) is 4.38. The Morgan fingerprint density at radius 2 is 1.86 bits per heavy atom. The molecule has 0 radical (unpaired) electrons. The van der Waals surface area contributed by atoms with Gasteiger partial charge in [-0.3, -0.25) is 4.98 Å². The van der Waals surface area contributed by atoms with Crippen LogP contribution in [0.4, 0.5) is 10.3 Å². The van der Waals surface area contributed by atoms with Crippen LogP contribution in [-0.2, 0) is 5.54 Å². The molecule has 0 amide bonds. The highest BCUT2D eigenvalue weighted by Gasteiger charge is 2.20. The monoisotopic (exact) mass is 394 g/mol. The normalized spacial score (nSPS) is 11.8. The van der Waals surface area contributed by atoms with Crippen LogP contribution in [0, 0.1) is 5.82 Å². The zero-order valence-corrected chi connectivity index (χ0v) is 16.2. The number of hydrogen-bond donors (Lipinski definition) is 2. The third kappa shape index (κ3) is 3.83. The largest absolute Gasteiger partial charge is 0.366 e. The SMILES string of the molecule is CC(C)(NSc1cncc(-c2ccc3nc(N)nn3c2)c1)c1ccc(F)cc1. The van der Waals surface area contributed by atoms with Crippen molar-refractivity contribution in [3.05, 3.63) is 72.4 Å². The summed E-state index contributed by atoms with van der Waals surface area (Å²) in [6.07, 6.45) is 5.48. The smallest absolute Gasteiger partial charge is 0.240 e. The number of fused-ring (bicyclic) bond motifs is 1. The minimum Gasteiger partial charge on any atom is -0.366 e. The van der Waals surface area contributed by atoms with Crippen LogP contribution in [-0.4, -0.2) is 19.6 Å². The van der Waals surface area contributed by atoms with Crippen molar-refractivity contribution in [2.24, 2.45) is 0 Å². The molecule has 1 aromatic carbocycles. The van der Waals surface area contributed by atoms with Gasteiger partial charge in [-0.05, 0) is 61.7 Å². The number of nitrogen functional groups attached to an aromatic ring is 1. The number of anilines is 1. The van der Waals surface area contributed by atoms with Gasteiger partial charge >= 0.3 is 0 Å². The number of nitrogens with one attached hydrogen (secondary N) is 1. The Morgan fingerprint density at radius 1 is 1.07 bits per heavy atom. The zero-order valence-electron chi connectivity index (χ0n) is 15.4. The van der Waals surface area contributed by atoms with Crippen LogP contribution in [0.25, 0.3) is 16.8 Å². The Bertz CT molecular complexity index is 1120. The summed E-state index contributed by atoms with van der Waals surface area (Å²) in [6.45, 7) is 4.10. The molecule has 0 aliphatic heterocycles. The van der Waals surface area contributed by atoms with Gasteiger partial charge < -0.3 is 5.73 Å². The van der Waals surface area contributed by atoms with Crippen molar-refractivity contribution < 1.29 is 4.39 Å². The van der Waals surface area contributed by atoms with Gasteiger partial charge in [-0.15, -0.1) is 5.10 Å². The van der Waals surface area contributed by atoms with Gasteiger partial charge in [0.15, 0.2) is 5.65 Å². The minimum absolute atomic E-state index is 0.241. The van der Waals surface area contributed by atoms with Crippen molar-refractivity contribution in [1.82, 2.24) is 24.3 Å². The van der Waals surface area contributed by atoms with Crippen LogP contribution < -0.4 is 10.5 Å². The van der Waals surface area contributed by atoms with Gasteiger partial charge in [0.25, 0.3) is 0 Å². The highest BCUT2D eigenvalue weighted by atomic mass is 32.2. The van der Waals surface area contributed by atoms with E-state index in [2.05, 4.69) is 19.8 Å². The predicted molar refractivity (Wildman–Crippen MR) is 109 cm³/mol. The van der Waals surface area contributed by atoms with E-state index in [9.17, 15) is 4.39 Å². The van der Waals surface area contributed by atoms with Crippen LogP contribution in [0.3, 0.4) is 0 Å². The van der Waals surface area contributed by atoms with E-state index >= 15 is 0 Å². The highest BCUT2D eigenvalue weighted by Crippen LogP contribution is 2.28. The molecule has 142 valence electrons. The fourth-order valence-electron chi connectivity index (χ4n) is 2.82. The number of nitrogens with two attached hydrogens (primary N) is 1. The van der Waals surface area contributed by atoms with Crippen molar-refractivity contribution >= 4 is 23.5 Å². The van der Waals surface area contributed by atoms with E-state index < -0.39 is 0 Å². The molecular formula is C20H19FN6S. The van der Waals surface area contributed by atoms with Gasteiger partial charge in [-0.1, -0.05) is 12.1 Å². The number of pyridine rings is 2. The first-order valence-electron chi connectivity index (χ1n) is 8.68. The summed E-state index contributed by atoms with van der Waals surface area (Å²) in [5.74, 6) is 0.00187. The molecule has 0 aliphatic rings. The Hall–Kier alpha value is -2.97. The third-order valence-corrected chi connectivity index (χ3v) is 5.46. The maximum absolute atomic E-state index is 13.2. The van der Waals surface area contributed by atoms with Crippen molar-refractivity contribution in [2.45, 2.75) is 24.3 Å². The number of rotatable bonds is 5. The van der Waals surface area contributed by atoms with Crippen LogP contribution >= 0.6 is 11.9 Å². The average Bonchev–Trinajstić information content (AvgIpc) is 3.06. The molecule has 4 aromatic rings. The lowest BCUT2D eigenvalue weighted by atomic mass is 9.96. The maximum Gasteiger partial charge on any atom is 0.240 e. The molecule has 0 saturated carbocycles. The van der Waals surface area contributed by atoms with Crippen molar-refractivity contribution in [3.63, 3.8) is 0 Å². The van der Waals surface area contributed by atoms with Crippen LogP contribution in [0.5, 0.6) is 0 Å². The summed E-state index contributed by atoms with van der Waals surface area (Å²) in [5.41, 5.74) is 8.93. The first kappa shape index (κ1) is 18.4. The molecule has 3 aromatic heterocycles. The molecule has 0 bridgehead atoms. The minimum atomic E-state index is -0.342. The number of hydrogen-bond acceptors (Lipinski definition) is 6. The molecule has 0 spiro atoms. The standard InChI is InChI=1S/C20H19FN6S/c1-20(2,15-4-6-16(21)7-5-15)26-28-17-9-14(10-23-11-17)13-3-8-18-24-19(22)25-27(18)12-13/h3-12,26H,1-2H3,(H2,22,25). The lowest BCUT2D eigenvalue weighted by Gasteiger charge is -2.26. The van der Waals surface area contributed by atoms with E-state index in [1.807, 2.05) is 38.2 Å². The topological polar surface area (TPSA) is 81.1 Å². The van der Waals surface area contributed by atoms with Crippen molar-refractivity contribution in [2.75, 3.05) is 5.73 Å². The van der Waals surface area contributed by atoms with E-state index in [1.54, 1.807) is 29.0 Å². The molecule has 8 heteroatoms. The van der Waals surface area contributed by atoms with E-state index in [0.29, 0.717) is 5.65 Å². The van der Waals surface area contributed by atoms with Crippen LogP contribution in [0.2, 0.25) is 0 Å². The van der Waals surface area contributed by atoms with E-state index in [4.69, 9.17) is 5.73 Å². The molecule has 0 aliphatic carbocycles. The van der Waals surface area contributed by atoms with Gasteiger partial charge in [0.1, 0.15) is 5.82 Å². The number of aromatic nitrogens is 4. The van der Waals surface area contributed by atoms with E-state index in [1.165, 1.54) is 24.1 Å². The number of benzene rings is 1. The Morgan fingerprint density at radius 3 is 2.64 bits per heavy atom. The lowest BCUT2D eigenvalue weighted by molar-refractivity contribution is 0.507. The zero-order chi connectivity index (χ0) is 19.7. The average molecular weight is 394 g/mol. The van der Waals surface area contributed by atoms with Gasteiger partial charge in [-0.2, -0.15) is 4.98 Å². The fourth-order valence-corrected chi connectivity index (χ4v) is 3.61. The second kappa shape index (κ2) is 7.21. The van der Waals surface area contributed by atoms with Gasteiger partial charge in [0, 0.05) is 40.2 Å². The molecule has 0 unspecified atom stereocenters. The fraction of sp³-hybridized carbons (Fsp3) is 0.150. The predicted octanol–water partition coefficient (Wildman–Crippen LogP) is 4.04. The molecule has 28 heavy (non-hydrogen) atoms. The van der Waals surface area contributed by atoms with Gasteiger partial charge in [-0.25, -0.2) is 13.6 Å². The second-order valence-electron chi connectivity index (χ2n) is 6.94. The van der Waals surface area contributed by atoms with Crippen molar-refractivity contribution in [3.8, 4) is 11.1 Å². The van der Waals surface area contributed by atoms with Gasteiger partial charge in [0.05, 0.1) is 0 Å². The van der Waals surface area contributed by atoms with Gasteiger partial charge in [0.2, 0.25) is 5.95 Å². The lowest BCUT2D eigenvalue weighted by Crippen LogP contribution is -2.31. The number of nitrogens with zero attached hydrogens (tertiary/aromatic N) is 4. The summed E-state index contributed by atoms with van der Waals surface area (Å²) >= 11 is 1.48. The number of halogens is 1. The molecule has 0 saturated heterocycles. The first-order valence-corrected chi connectivity index (χ1v) is 9.50. The van der Waals surface area contributed by atoms with Crippen LogP contribution in [0.15, 0.2) is 66.0 Å². The maximum atomic E-state index is 13.2. The Balaban J connectivity index is 1.53. The molecule has 6 nitrogen and oxygen atoms in total. The Labute approximate surface area is 166 Å². The van der Waals surface area contributed by atoms with E-state index in [0.717, 1.165) is 21.6 Å². The highest BCUT2D eigenvalue weighted by molar-refractivity contribution is 7.97. The first-order chi connectivity index (χ1) is 13.4. The summed E-state index contributed by atoms with van der Waals surface area (Å²) in [6, 6.07) is 12.4. The quantitative estimate of drug-likeness (QED) is 0.497. The molecule has 3 N–H and O–H groups in total. The van der Waals surface area contributed by atoms with E-state index in [-0.39, 0.29) is 17.3 Å². The summed E-state index contributed by atoms with van der Waals surface area (Å²) < 4.78 is 18.3. The summed E-state index contributed by atoms with van der Waals surface area (Å²) in [7, 11) is 0. The second-order valence-corrected chi connectivity index (χ2v) is 7.82.